The van der Waals surface area contributed by atoms with Gasteiger partial charge in [-0.05, 0) is 42.5 Å². The van der Waals surface area contributed by atoms with Crippen molar-refractivity contribution in [3.63, 3.8) is 0 Å². The van der Waals surface area contributed by atoms with Crippen LogP contribution >= 0.6 is 0 Å². The van der Waals surface area contributed by atoms with E-state index in [1.807, 2.05) is 48.7 Å². The number of benzene rings is 1. The predicted octanol–water partition coefficient (Wildman–Crippen LogP) is 4.15. The molecule has 0 unspecified atom stereocenters. The van der Waals surface area contributed by atoms with Gasteiger partial charge in [-0.2, -0.15) is 0 Å². The van der Waals surface area contributed by atoms with E-state index >= 15 is 0 Å². The summed E-state index contributed by atoms with van der Waals surface area (Å²) in [5, 5.41) is 4.39. The molecule has 0 saturated carbocycles. The van der Waals surface area contributed by atoms with Crippen LogP contribution in [0, 0.1) is 0 Å². The van der Waals surface area contributed by atoms with Gasteiger partial charge in [0.15, 0.2) is 5.88 Å². The lowest BCUT2D eigenvalue weighted by Crippen LogP contribution is -1.99. The van der Waals surface area contributed by atoms with Crippen molar-refractivity contribution in [2.45, 2.75) is 6.42 Å². The quantitative estimate of drug-likeness (QED) is 0.527. The van der Waals surface area contributed by atoms with Crippen LogP contribution in [0.5, 0.6) is 0 Å². The highest BCUT2D eigenvalue weighted by Gasteiger charge is 2.13. The Morgan fingerprint density at radius 2 is 2.16 bits per heavy atom. The van der Waals surface area contributed by atoms with Crippen LogP contribution in [-0.4, -0.2) is 19.9 Å². The number of aromatic nitrogens is 4. The van der Waals surface area contributed by atoms with Crippen molar-refractivity contribution in [2.75, 3.05) is 5.32 Å². The van der Waals surface area contributed by atoms with Crippen LogP contribution in [0.3, 0.4) is 0 Å². The van der Waals surface area contributed by atoms with Crippen molar-refractivity contribution in [1.29, 1.82) is 0 Å². The number of fused-ring (bicyclic) bond motifs is 2. The van der Waals surface area contributed by atoms with Gasteiger partial charge in [0.1, 0.15) is 11.4 Å². The molecule has 3 aromatic heterocycles. The number of rotatable bonds is 3. The number of ether oxygens (including phenoxy) is 1. The van der Waals surface area contributed by atoms with E-state index in [-0.39, 0.29) is 0 Å². The van der Waals surface area contributed by atoms with Crippen molar-refractivity contribution in [1.82, 2.24) is 19.9 Å². The zero-order valence-corrected chi connectivity index (χ0v) is 13.3. The minimum atomic E-state index is 0.739. The SMILES string of the molecule is C(=C1CC=C(Nc2ccc3nc[nH]c3c2)O1)c1c[nH]c2ncccc12. The number of anilines is 1. The number of allylic oxidation sites excluding steroid dienone is 1. The minimum Gasteiger partial charge on any atom is -0.445 e. The smallest absolute Gasteiger partial charge is 0.193 e. The molecule has 0 saturated heterocycles. The van der Waals surface area contributed by atoms with Crippen LogP contribution in [-0.2, 0) is 4.74 Å². The summed E-state index contributed by atoms with van der Waals surface area (Å²) >= 11 is 0. The van der Waals surface area contributed by atoms with E-state index in [0.29, 0.717) is 0 Å². The van der Waals surface area contributed by atoms with Crippen molar-refractivity contribution in [3.8, 4) is 0 Å². The van der Waals surface area contributed by atoms with Crippen LogP contribution in [0.25, 0.3) is 28.1 Å². The molecule has 0 bridgehead atoms. The fraction of sp³-hybridized carbons (Fsp3) is 0.0526. The van der Waals surface area contributed by atoms with Gasteiger partial charge in [0, 0.05) is 35.5 Å². The molecule has 0 aliphatic carbocycles. The molecule has 0 amide bonds. The number of nitrogens with one attached hydrogen (secondary N) is 3. The van der Waals surface area contributed by atoms with Crippen molar-refractivity contribution < 1.29 is 4.74 Å². The lowest BCUT2D eigenvalue weighted by Gasteiger charge is -2.08. The first-order valence-corrected chi connectivity index (χ1v) is 8.06. The van der Waals surface area contributed by atoms with Gasteiger partial charge in [-0.1, -0.05) is 0 Å². The van der Waals surface area contributed by atoms with Crippen molar-refractivity contribution >= 4 is 33.8 Å². The van der Waals surface area contributed by atoms with Crippen LogP contribution in [0.1, 0.15) is 12.0 Å². The molecule has 0 atom stereocenters. The molecule has 5 rings (SSSR count). The monoisotopic (exact) mass is 329 g/mol. The second-order valence-corrected chi connectivity index (χ2v) is 5.89. The van der Waals surface area contributed by atoms with E-state index in [4.69, 9.17) is 4.74 Å². The van der Waals surface area contributed by atoms with Gasteiger partial charge in [-0.15, -0.1) is 0 Å². The fourth-order valence-electron chi connectivity index (χ4n) is 3.01. The second-order valence-electron chi connectivity index (χ2n) is 5.89. The highest BCUT2D eigenvalue weighted by molar-refractivity contribution is 5.86. The summed E-state index contributed by atoms with van der Waals surface area (Å²) in [5.74, 6) is 1.64. The minimum absolute atomic E-state index is 0.739. The number of hydrogen-bond donors (Lipinski definition) is 3. The third-order valence-electron chi connectivity index (χ3n) is 4.22. The molecule has 3 N–H and O–H groups in total. The topological polar surface area (TPSA) is 78.6 Å². The normalized spacial score (nSPS) is 15.7. The summed E-state index contributed by atoms with van der Waals surface area (Å²) in [5.41, 5.74) is 4.85. The molecule has 4 aromatic rings. The standard InChI is InChI=1S/C19H15N5O/c1-2-15-12(10-21-19(15)20-7-1)8-14-4-6-18(25-14)24-13-3-5-16-17(9-13)23-11-22-16/h1-3,5-11,24H,4H2,(H,20,21)(H,22,23). The molecular weight excluding hydrogens is 314 g/mol. The van der Waals surface area contributed by atoms with Crippen LogP contribution in [0.15, 0.2) is 66.8 Å². The van der Waals surface area contributed by atoms with Crippen molar-refractivity contribution in [3.05, 3.63) is 72.3 Å². The highest BCUT2D eigenvalue weighted by Crippen LogP contribution is 2.27. The van der Waals surface area contributed by atoms with E-state index in [2.05, 4.69) is 25.3 Å². The third-order valence-corrected chi connectivity index (χ3v) is 4.22. The summed E-state index contributed by atoms with van der Waals surface area (Å²) in [6.07, 6.45) is 10.3. The number of H-pyrrole nitrogens is 2. The molecule has 25 heavy (non-hydrogen) atoms. The van der Waals surface area contributed by atoms with Crippen molar-refractivity contribution in [2.24, 2.45) is 0 Å². The van der Waals surface area contributed by atoms with E-state index in [1.54, 1.807) is 12.5 Å². The molecule has 6 heteroatoms. The maximum absolute atomic E-state index is 5.93. The zero-order chi connectivity index (χ0) is 16.6. The highest BCUT2D eigenvalue weighted by atomic mass is 16.5. The average Bonchev–Trinajstić information content (AvgIpc) is 3.36. The summed E-state index contributed by atoms with van der Waals surface area (Å²) in [4.78, 5) is 14.8. The van der Waals surface area contributed by atoms with E-state index in [9.17, 15) is 0 Å². The molecule has 122 valence electrons. The molecule has 6 nitrogen and oxygen atoms in total. The van der Waals surface area contributed by atoms with Gasteiger partial charge in [0.2, 0.25) is 0 Å². The maximum atomic E-state index is 5.93. The van der Waals surface area contributed by atoms with Gasteiger partial charge in [-0.3, -0.25) is 0 Å². The Hall–Kier alpha value is -3.54. The fourth-order valence-corrected chi connectivity index (χ4v) is 3.01. The Morgan fingerprint density at radius 3 is 3.16 bits per heavy atom. The molecule has 0 fully saturated rings. The first-order chi connectivity index (χ1) is 12.3. The molecule has 4 heterocycles. The molecular formula is C19H15N5O. The second kappa shape index (κ2) is 5.52. The average molecular weight is 329 g/mol. The molecule has 0 radical (unpaired) electrons. The summed E-state index contributed by atoms with van der Waals surface area (Å²) in [6.45, 7) is 0. The Balaban J connectivity index is 1.35. The Labute approximate surface area is 143 Å². The Morgan fingerprint density at radius 1 is 1.16 bits per heavy atom. The number of pyridine rings is 1. The van der Waals surface area contributed by atoms with Gasteiger partial charge in [-0.25, -0.2) is 9.97 Å². The Kier molecular flexibility index (Phi) is 3.06. The maximum Gasteiger partial charge on any atom is 0.193 e. The number of hydrogen-bond acceptors (Lipinski definition) is 4. The van der Waals surface area contributed by atoms with Crippen LogP contribution < -0.4 is 5.32 Å². The molecule has 1 aliphatic heterocycles. The zero-order valence-electron chi connectivity index (χ0n) is 13.3. The van der Waals surface area contributed by atoms with Gasteiger partial charge in [0.25, 0.3) is 0 Å². The number of imidazole rings is 1. The van der Waals surface area contributed by atoms with E-state index in [1.165, 1.54) is 0 Å². The number of nitrogens with zero attached hydrogens (tertiary/aromatic N) is 2. The molecule has 1 aliphatic rings. The number of aromatic amines is 2. The van der Waals surface area contributed by atoms with Gasteiger partial charge < -0.3 is 20.0 Å². The summed E-state index contributed by atoms with van der Waals surface area (Å²) < 4.78 is 5.93. The van der Waals surface area contributed by atoms with Gasteiger partial charge in [0.05, 0.1) is 17.4 Å². The predicted molar refractivity (Wildman–Crippen MR) is 97.6 cm³/mol. The summed E-state index contributed by atoms with van der Waals surface area (Å²) in [7, 11) is 0. The molecule has 0 spiro atoms. The molecule has 1 aromatic carbocycles. The summed E-state index contributed by atoms with van der Waals surface area (Å²) in [6, 6.07) is 9.95. The van der Waals surface area contributed by atoms with E-state index in [0.717, 1.165) is 51.4 Å². The first-order valence-electron chi connectivity index (χ1n) is 8.06. The van der Waals surface area contributed by atoms with Gasteiger partial charge >= 0.3 is 0 Å². The van der Waals surface area contributed by atoms with E-state index < -0.39 is 0 Å². The lowest BCUT2D eigenvalue weighted by atomic mass is 10.2. The van der Waals surface area contributed by atoms with Crippen LogP contribution in [0.2, 0.25) is 0 Å². The first kappa shape index (κ1) is 13.9. The third kappa shape index (κ3) is 2.53. The largest absolute Gasteiger partial charge is 0.445 e. The Bertz CT molecular complexity index is 1130. The van der Waals surface area contributed by atoms with Crippen LogP contribution in [0.4, 0.5) is 5.69 Å². The lowest BCUT2D eigenvalue weighted by molar-refractivity contribution is 0.333.